The Balaban J connectivity index is 2.16. The highest BCUT2D eigenvalue weighted by Crippen LogP contribution is 2.22. The van der Waals surface area contributed by atoms with Gasteiger partial charge in [-0.15, -0.1) is 0 Å². The molecule has 0 aliphatic carbocycles. The average molecular weight is 242 g/mol. The summed E-state index contributed by atoms with van der Waals surface area (Å²) in [7, 11) is 0. The van der Waals surface area contributed by atoms with Gasteiger partial charge in [-0.1, -0.05) is 18.2 Å². The van der Waals surface area contributed by atoms with Crippen molar-refractivity contribution in [3.05, 3.63) is 59.4 Å². The fraction of sp³-hybridized carbons (Fsp3) is 0.0714. The maximum atomic E-state index is 13.4. The van der Waals surface area contributed by atoms with Gasteiger partial charge in [-0.25, -0.2) is 4.39 Å². The van der Waals surface area contributed by atoms with Crippen LogP contribution in [0.2, 0.25) is 0 Å². The van der Waals surface area contributed by atoms with Crippen LogP contribution in [0.3, 0.4) is 0 Å². The van der Waals surface area contributed by atoms with E-state index in [2.05, 4.69) is 0 Å². The van der Waals surface area contributed by atoms with Crippen molar-refractivity contribution in [1.29, 1.82) is 5.26 Å². The molecule has 0 amide bonds. The second-order valence-corrected chi connectivity index (χ2v) is 3.75. The lowest BCUT2D eigenvalue weighted by Crippen LogP contribution is -2.00. The van der Waals surface area contributed by atoms with Crippen molar-refractivity contribution < 1.29 is 9.13 Å². The van der Waals surface area contributed by atoms with Gasteiger partial charge in [0.25, 0.3) is 0 Å². The molecule has 18 heavy (non-hydrogen) atoms. The predicted octanol–water partition coefficient (Wildman–Crippen LogP) is 2.86. The number of benzene rings is 2. The number of ether oxygens (including phenoxy) is 1. The Morgan fingerprint density at radius 1 is 1.22 bits per heavy atom. The average Bonchev–Trinajstić information content (AvgIpc) is 2.39. The highest BCUT2D eigenvalue weighted by molar-refractivity contribution is 5.53. The van der Waals surface area contributed by atoms with E-state index in [0.29, 0.717) is 22.6 Å². The molecule has 0 aromatic heterocycles. The van der Waals surface area contributed by atoms with Gasteiger partial charge in [0, 0.05) is 11.3 Å². The lowest BCUT2D eigenvalue weighted by atomic mass is 10.2. The number of halogens is 1. The molecule has 0 bridgehead atoms. The van der Waals surface area contributed by atoms with E-state index in [-0.39, 0.29) is 12.4 Å². The van der Waals surface area contributed by atoms with Crippen LogP contribution in [0.4, 0.5) is 10.1 Å². The summed E-state index contributed by atoms with van der Waals surface area (Å²) in [6.07, 6.45) is 0. The van der Waals surface area contributed by atoms with E-state index in [1.54, 1.807) is 30.3 Å². The molecule has 0 aliphatic rings. The Morgan fingerprint density at radius 3 is 2.72 bits per heavy atom. The summed E-state index contributed by atoms with van der Waals surface area (Å²) in [4.78, 5) is 0. The smallest absolute Gasteiger partial charge is 0.137 e. The number of nitriles is 1. The molecule has 2 N–H and O–H groups in total. The standard InChI is InChI=1S/C14H11FN2O/c15-13-4-2-1-3-10(13)9-18-14-6-5-12(17)7-11(14)8-16/h1-7H,9,17H2. The zero-order valence-electron chi connectivity index (χ0n) is 9.56. The minimum Gasteiger partial charge on any atom is -0.487 e. The number of nitrogens with zero attached hydrogens (tertiary/aromatic N) is 1. The van der Waals surface area contributed by atoms with Gasteiger partial charge in [0.1, 0.15) is 24.2 Å². The molecule has 0 atom stereocenters. The Bertz CT molecular complexity index is 605. The minimum absolute atomic E-state index is 0.0747. The minimum atomic E-state index is -0.327. The van der Waals surface area contributed by atoms with Crippen LogP contribution in [0.5, 0.6) is 5.75 Å². The van der Waals surface area contributed by atoms with Crippen molar-refractivity contribution in [3.63, 3.8) is 0 Å². The number of nitrogens with two attached hydrogens (primary N) is 1. The molecule has 3 nitrogen and oxygen atoms in total. The molecule has 0 radical (unpaired) electrons. The number of nitrogen functional groups attached to an aromatic ring is 1. The van der Waals surface area contributed by atoms with Gasteiger partial charge >= 0.3 is 0 Å². The quantitative estimate of drug-likeness (QED) is 0.842. The molecule has 0 spiro atoms. The van der Waals surface area contributed by atoms with Crippen LogP contribution in [0.25, 0.3) is 0 Å². The predicted molar refractivity (Wildman–Crippen MR) is 66.3 cm³/mol. The van der Waals surface area contributed by atoms with Crippen molar-refractivity contribution in [2.24, 2.45) is 0 Å². The molecule has 0 saturated heterocycles. The van der Waals surface area contributed by atoms with E-state index < -0.39 is 0 Å². The highest BCUT2D eigenvalue weighted by Gasteiger charge is 2.06. The summed E-state index contributed by atoms with van der Waals surface area (Å²) in [5, 5.41) is 8.94. The molecule has 0 saturated carbocycles. The largest absolute Gasteiger partial charge is 0.487 e. The molecular weight excluding hydrogens is 231 g/mol. The van der Waals surface area contributed by atoms with E-state index >= 15 is 0 Å². The number of anilines is 1. The summed E-state index contributed by atoms with van der Waals surface area (Å²) in [5.74, 6) is 0.0707. The van der Waals surface area contributed by atoms with Crippen LogP contribution in [0.1, 0.15) is 11.1 Å². The van der Waals surface area contributed by atoms with Crippen LogP contribution in [0.15, 0.2) is 42.5 Å². The molecule has 2 aromatic rings. The SMILES string of the molecule is N#Cc1cc(N)ccc1OCc1ccccc1F. The van der Waals surface area contributed by atoms with Crippen molar-refractivity contribution in [2.75, 3.05) is 5.73 Å². The first-order chi connectivity index (χ1) is 8.70. The van der Waals surface area contributed by atoms with Crippen molar-refractivity contribution in [3.8, 4) is 11.8 Å². The fourth-order valence-electron chi connectivity index (χ4n) is 1.53. The van der Waals surface area contributed by atoms with E-state index in [1.807, 2.05) is 6.07 Å². The lowest BCUT2D eigenvalue weighted by molar-refractivity contribution is 0.299. The number of rotatable bonds is 3. The fourth-order valence-corrected chi connectivity index (χ4v) is 1.53. The summed E-state index contributed by atoms with van der Waals surface area (Å²) in [6.45, 7) is 0.0747. The zero-order valence-corrected chi connectivity index (χ0v) is 9.56. The Hall–Kier alpha value is -2.54. The van der Waals surface area contributed by atoms with Crippen molar-refractivity contribution >= 4 is 5.69 Å². The normalized spacial score (nSPS) is 9.78. The Kier molecular flexibility index (Phi) is 3.44. The number of hydrogen-bond donors (Lipinski definition) is 1. The maximum Gasteiger partial charge on any atom is 0.137 e. The van der Waals surface area contributed by atoms with Gasteiger partial charge in [-0.2, -0.15) is 5.26 Å². The summed E-state index contributed by atoms with van der Waals surface area (Å²) < 4.78 is 18.8. The van der Waals surface area contributed by atoms with Gasteiger partial charge in [0.2, 0.25) is 0 Å². The molecule has 2 aromatic carbocycles. The van der Waals surface area contributed by atoms with Crippen LogP contribution < -0.4 is 10.5 Å². The van der Waals surface area contributed by atoms with E-state index in [0.717, 1.165) is 0 Å². The second kappa shape index (κ2) is 5.19. The van der Waals surface area contributed by atoms with Crippen molar-refractivity contribution in [2.45, 2.75) is 6.61 Å². The van der Waals surface area contributed by atoms with Gasteiger partial charge in [-0.3, -0.25) is 0 Å². The monoisotopic (exact) mass is 242 g/mol. The summed E-state index contributed by atoms with van der Waals surface area (Å²) >= 11 is 0. The summed E-state index contributed by atoms with van der Waals surface area (Å²) in [6, 6.07) is 13.1. The Labute approximate surface area is 104 Å². The molecule has 0 unspecified atom stereocenters. The van der Waals surface area contributed by atoms with Gasteiger partial charge in [-0.05, 0) is 24.3 Å². The maximum absolute atomic E-state index is 13.4. The van der Waals surface area contributed by atoms with Gasteiger partial charge < -0.3 is 10.5 Å². The van der Waals surface area contributed by atoms with Crippen molar-refractivity contribution in [1.82, 2.24) is 0 Å². The molecule has 4 heteroatoms. The van der Waals surface area contributed by atoms with Gasteiger partial charge in [0.15, 0.2) is 0 Å². The third kappa shape index (κ3) is 2.58. The molecule has 2 rings (SSSR count). The molecular formula is C14H11FN2O. The zero-order chi connectivity index (χ0) is 13.0. The van der Waals surface area contributed by atoms with Crippen LogP contribution in [-0.2, 0) is 6.61 Å². The molecule has 0 aliphatic heterocycles. The molecule has 0 fully saturated rings. The molecule has 90 valence electrons. The van der Waals surface area contributed by atoms with E-state index in [9.17, 15) is 4.39 Å². The number of hydrogen-bond acceptors (Lipinski definition) is 3. The van der Waals surface area contributed by atoms with Crippen LogP contribution >= 0.6 is 0 Å². The topological polar surface area (TPSA) is 59.0 Å². The molecule has 0 heterocycles. The lowest BCUT2D eigenvalue weighted by Gasteiger charge is -2.08. The highest BCUT2D eigenvalue weighted by atomic mass is 19.1. The van der Waals surface area contributed by atoms with E-state index in [1.165, 1.54) is 12.1 Å². The first-order valence-corrected chi connectivity index (χ1v) is 5.36. The third-order valence-corrected chi connectivity index (χ3v) is 2.47. The summed E-state index contributed by atoms with van der Waals surface area (Å²) in [5.41, 5.74) is 6.84. The first-order valence-electron chi connectivity index (χ1n) is 5.36. The third-order valence-electron chi connectivity index (χ3n) is 2.47. The first kappa shape index (κ1) is 11.9. The second-order valence-electron chi connectivity index (χ2n) is 3.75. The van der Waals surface area contributed by atoms with E-state index in [4.69, 9.17) is 15.7 Å². The van der Waals surface area contributed by atoms with Gasteiger partial charge in [0.05, 0.1) is 5.56 Å². The van der Waals surface area contributed by atoms with Crippen LogP contribution in [-0.4, -0.2) is 0 Å². The Morgan fingerprint density at radius 2 is 2.00 bits per heavy atom. The van der Waals surface area contributed by atoms with Crippen LogP contribution in [0, 0.1) is 17.1 Å².